The second kappa shape index (κ2) is 10.3. The van der Waals surface area contributed by atoms with Crippen molar-refractivity contribution in [1.29, 1.82) is 0 Å². The van der Waals surface area contributed by atoms with Crippen LogP contribution in [-0.2, 0) is 10.4 Å². The number of amides is 1. The number of nitrogens with one attached hydrogen (secondary N) is 1. The molecule has 1 aromatic carbocycles. The van der Waals surface area contributed by atoms with Gasteiger partial charge in [0.2, 0.25) is 0 Å². The van der Waals surface area contributed by atoms with Gasteiger partial charge in [-0.15, -0.1) is 12.4 Å². The molecule has 1 unspecified atom stereocenters. The minimum absolute atomic E-state index is 0. The minimum Gasteiger partial charge on any atom is -0.375 e. The maximum Gasteiger partial charge on any atom is 0.256 e. The summed E-state index contributed by atoms with van der Waals surface area (Å²) in [5.41, 5.74) is -0.666. The molecule has 0 bridgehead atoms. The highest BCUT2D eigenvalue weighted by Crippen LogP contribution is 2.39. The number of carbonyl (C=O) groups is 1. The fourth-order valence-corrected chi connectivity index (χ4v) is 4.41. The van der Waals surface area contributed by atoms with E-state index in [1.807, 2.05) is 30.3 Å². The van der Waals surface area contributed by atoms with Crippen molar-refractivity contribution in [2.45, 2.75) is 57.0 Å². The van der Waals surface area contributed by atoms with Crippen molar-refractivity contribution in [2.75, 3.05) is 26.2 Å². The highest BCUT2D eigenvalue weighted by molar-refractivity contribution is 5.86. The molecule has 146 valence electrons. The smallest absolute Gasteiger partial charge is 0.256 e. The van der Waals surface area contributed by atoms with Crippen LogP contribution in [0, 0.1) is 5.92 Å². The van der Waals surface area contributed by atoms with Crippen LogP contribution >= 0.6 is 12.4 Å². The van der Waals surface area contributed by atoms with Gasteiger partial charge in [0.25, 0.3) is 5.91 Å². The number of aliphatic hydroxyl groups is 1. The van der Waals surface area contributed by atoms with Crippen molar-refractivity contribution in [3.05, 3.63) is 35.9 Å². The monoisotopic (exact) mass is 380 g/mol. The summed E-state index contributed by atoms with van der Waals surface area (Å²) in [4.78, 5) is 15.4. The summed E-state index contributed by atoms with van der Waals surface area (Å²) < 4.78 is 0. The van der Waals surface area contributed by atoms with E-state index >= 15 is 0 Å². The van der Waals surface area contributed by atoms with Crippen molar-refractivity contribution < 1.29 is 9.90 Å². The number of nitrogens with zero attached hydrogens (tertiary/aromatic N) is 1. The Morgan fingerprint density at radius 3 is 2.31 bits per heavy atom. The van der Waals surface area contributed by atoms with Crippen LogP contribution in [0.1, 0.15) is 56.9 Å². The first-order chi connectivity index (χ1) is 12.2. The fourth-order valence-electron chi connectivity index (χ4n) is 4.41. The summed E-state index contributed by atoms with van der Waals surface area (Å²) in [6, 6.07) is 9.52. The van der Waals surface area contributed by atoms with Crippen LogP contribution < -0.4 is 5.32 Å². The van der Waals surface area contributed by atoms with Gasteiger partial charge in [0, 0.05) is 19.0 Å². The summed E-state index contributed by atoms with van der Waals surface area (Å²) in [6.07, 6.45) is 9.07. The van der Waals surface area contributed by atoms with Crippen LogP contribution in [0.15, 0.2) is 30.3 Å². The number of likely N-dealkylation sites (tertiary alicyclic amines) is 1. The van der Waals surface area contributed by atoms with Crippen molar-refractivity contribution in [3.63, 3.8) is 0 Å². The van der Waals surface area contributed by atoms with Gasteiger partial charge < -0.3 is 15.3 Å². The Bertz CT molecular complexity index is 542. The molecule has 3 rings (SSSR count). The Kier molecular flexibility index (Phi) is 8.39. The van der Waals surface area contributed by atoms with Crippen molar-refractivity contribution in [2.24, 2.45) is 5.92 Å². The van der Waals surface area contributed by atoms with E-state index in [1.54, 1.807) is 0 Å². The zero-order valence-corrected chi connectivity index (χ0v) is 16.5. The van der Waals surface area contributed by atoms with E-state index in [2.05, 4.69) is 10.2 Å². The Hall–Kier alpha value is -1.10. The molecular weight excluding hydrogens is 348 g/mol. The average Bonchev–Trinajstić information content (AvgIpc) is 2.69. The lowest BCUT2D eigenvalue weighted by atomic mass is 9.73. The van der Waals surface area contributed by atoms with Gasteiger partial charge in [-0.05, 0) is 44.3 Å². The first-order valence-corrected chi connectivity index (χ1v) is 10.00. The second-order valence-corrected chi connectivity index (χ2v) is 7.63. The molecule has 1 aliphatic heterocycles. The van der Waals surface area contributed by atoms with Gasteiger partial charge in [0.1, 0.15) is 0 Å². The first-order valence-electron chi connectivity index (χ1n) is 10.00. The quantitative estimate of drug-likeness (QED) is 0.794. The Morgan fingerprint density at radius 2 is 1.65 bits per heavy atom. The molecule has 1 atom stereocenters. The summed E-state index contributed by atoms with van der Waals surface area (Å²) in [6.45, 7) is 3.74. The lowest BCUT2D eigenvalue weighted by Crippen LogP contribution is -2.51. The lowest BCUT2D eigenvalue weighted by Gasteiger charge is -2.38. The van der Waals surface area contributed by atoms with E-state index in [1.165, 1.54) is 25.7 Å². The first kappa shape index (κ1) is 21.2. The predicted octanol–water partition coefficient (Wildman–Crippen LogP) is 3.48. The second-order valence-electron chi connectivity index (χ2n) is 7.63. The normalized spacial score (nSPS) is 21.4. The zero-order chi connectivity index (χ0) is 17.5. The molecule has 1 aliphatic carbocycles. The highest BCUT2D eigenvalue weighted by atomic mass is 35.5. The van der Waals surface area contributed by atoms with Gasteiger partial charge in [0.15, 0.2) is 5.60 Å². The minimum atomic E-state index is -1.40. The number of rotatable bonds is 6. The van der Waals surface area contributed by atoms with Gasteiger partial charge in [-0.1, -0.05) is 56.0 Å². The van der Waals surface area contributed by atoms with E-state index in [9.17, 15) is 9.90 Å². The molecule has 2 aliphatic rings. The van der Waals surface area contributed by atoms with Crippen molar-refractivity contribution in [3.8, 4) is 0 Å². The molecule has 0 spiro atoms. The molecule has 1 aromatic rings. The van der Waals surface area contributed by atoms with Crippen molar-refractivity contribution in [1.82, 2.24) is 10.2 Å². The molecule has 0 aromatic heterocycles. The molecule has 26 heavy (non-hydrogen) atoms. The molecule has 2 fully saturated rings. The van der Waals surface area contributed by atoms with Gasteiger partial charge in [0.05, 0.1) is 0 Å². The number of benzene rings is 1. The van der Waals surface area contributed by atoms with Crippen LogP contribution in [0.25, 0.3) is 0 Å². The Labute approximate surface area is 163 Å². The summed E-state index contributed by atoms with van der Waals surface area (Å²) in [7, 11) is 0. The maximum atomic E-state index is 13.0. The van der Waals surface area contributed by atoms with Crippen LogP contribution in [0.4, 0.5) is 0 Å². The Balaban J connectivity index is 0.00000243. The van der Waals surface area contributed by atoms with Gasteiger partial charge in [-0.3, -0.25) is 4.79 Å². The molecule has 0 radical (unpaired) electrons. The van der Waals surface area contributed by atoms with Gasteiger partial charge >= 0.3 is 0 Å². The molecule has 5 heteroatoms. The molecule has 1 saturated carbocycles. The molecule has 1 saturated heterocycles. The molecule has 1 heterocycles. The van der Waals surface area contributed by atoms with Crippen molar-refractivity contribution >= 4 is 18.3 Å². The third kappa shape index (κ3) is 4.99. The predicted molar refractivity (Wildman–Crippen MR) is 107 cm³/mol. The van der Waals surface area contributed by atoms with Crippen LogP contribution in [0.3, 0.4) is 0 Å². The molecule has 4 nitrogen and oxygen atoms in total. The maximum absolute atomic E-state index is 13.0. The highest BCUT2D eigenvalue weighted by Gasteiger charge is 2.45. The van der Waals surface area contributed by atoms with Gasteiger partial charge in [-0.25, -0.2) is 0 Å². The Morgan fingerprint density at radius 1 is 1.04 bits per heavy atom. The van der Waals surface area contributed by atoms with E-state index in [0.717, 1.165) is 50.9 Å². The molecule has 2 N–H and O–H groups in total. The summed E-state index contributed by atoms with van der Waals surface area (Å²) >= 11 is 0. The number of piperidine rings is 1. The standard InChI is InChI=1S/C21H32N2O2.ClH/c24-20(22-14-17-23-15-8-3-9-16-23)21(25,18-10-4-1-5-11-18)19-12-6-2-7-13-19;/h1,4-5,10-11,19,25H,2-3,6-9,12-17H2,(H,22,24);1H. The number of carbonyl (C=O) groups excluding carboxylic acids is 1. The number of hydrogen-bond acceptors (Lipinski definition) is 3. The largest absolute Gasteiger partial charge is 0.375 e. The number of hydrogen-bond donors (Lipinski definition) is 2. The fraction of sp³-hybridized carbons (Fsp3) is 0.667. The SMILES string of the molecule is Cl.O=C(NCCN1CCCCC1)C(O)(c1ccccc1)C1CCCCC1. The van der Waals surface area contributed by atoms with E-state index < -0.39 is 5.60 Å². The van der Waals surface area contributed by atoms with E-state index in [4.69, 9.17) is 0 Å². The molecule has 1 amide bonds. The third-order valence-corrected chi connectivity index (χ3v) is 5.92. The molecular formula is C21H33ClN2O2. The average molecular weight is 381 g/mol. The van der Waals surface area contributed by atoms with E-state index in [-0.39, 0.29) is 24.2 Å². The summed E-state index contributed by atoms with van der Waals surface area (Å²) in [5.74, 6) is -0.207. The number of halogens is 1. The lowest BCUT2D eigenvalue weighted by molar-refractivity contribution is -0.149. The topological polar surface area (TPSA) is 52.6 Å². The van der Waals surface area contributed by atoms with E-state index in [0.29, 0.717) is 6.54 Å². The third-order valence-electron chi connectivity index (χ3n) is 5.92. The van der Waals surface area contributed by atoms with Crippen LogP contribution in [0.5, 0.6) is 0 Å². The van der Waals surface area contributed by atoms with Crippen LogP contribution in [0.2, 0.25) is 0 Å². The zero-order valence-electron chi connectivity index (χ0n) is 15.7. The summed E-state index contributed by atoms with van der Waals surface area (Å²) in [5, 5.41) is 14.5. The van der Waals surface area contributed by atoms with Gasteiger partial charge in [-0.2, -0.15) is 0 Å². The van der Waals surface area contributed by atoms with Crippen LogP contribution in [-0.4, -0.2) is 42.1 Å².